The van der Waals surface area contributed by atoms with Gasteiger partial charge in [-0.1, -0.05) is 12.2 Å². The molecule has 0 radical (unpaired) electrons. The van der Waals surface area contributed by atoms with E-state index in [9.17, 15) is 22.8 Å². The summed E-state index contributed by atoms with van der Waals surface area (Å²) in [6.07, 6.45) is 2.52. The van der Waals surface area contributed by atoms with Crippen LogP contribution < -0.4 is 0 Å². The van der Waals surface area contributed by atoms with Crippen LogP contribution in [-0.4, -0.2) is 78.3 Å². The first kappa shape index (κ1) is 20.5. The lowest BCUT2D eigenvalue weighted by molar-refractivity contribution is -0.190. The quantitative estimate of drug-likeness (QED) is 0.645. The molecule has 4 rings (SSSR count). The molecule has 7 nitrogen and oxygen atoms in total. The van der Waals surface area contributed by atoms with E-state index in [4.69, 9.17) is 14.2 Å². The Labute approximate surface area is 166 Å². The summed E-state index contributed by atoms with van der Waals surface area (Å²) in [5, 5.41) is 0. The van der Waals surface area contributed by atoms with E-state index in [1.807, 2.05) is 0 Å². The molecule has 0 spiro atoms. The molecule has 3 heterocycles. The van der Waals surface area contributed by atoms with Gasteiger partial charge < -0.3 is 24.0 Å². The molecular formula is C19H25F3N2O5. The second-order valence-corrected chi connectivity index (χ2v) is 7.98. The van der Waals surface area contributed by atoms with Crippen LogP contribution in [0.25, 0.3) is 0 Å². The lowest BCUT2D eigenvalue weighted by Crippen LogP contribution is -2.59. The average Bonchev–Trinajstić information content (AvgIpc) is 3.14. The highest BCUT2D eigenvalue weighted by Crippen LogP contribution is 2.34. The molecule has 0 saturated carbocycles. The van der Waals surface area contributed by atoms with Crippen LogP contribution in [0.5, 0.6) is 0 Å². The van der Waals surface area contributed by atoms with E-state index in [0.717, 1.165) is 30.6 Å². The van der Waals surface area contributed by atoms with Crippen LogP contribution in [0.4, 0.5) is 18.0 Å². The van der Waals surface area contributed by atoms with Crippen molar-refractivity contribution in [3.05, 3.63) is 12.2 Å². The van der Waals surface area contributed by atoms with Crippen LogP contribution in [0.3, 0.4) is 0 Å². The molecule has 0 N–H and O–H groups in total. The maximum atomic E-state index is 12.8. The van der Waals surface area contributed by atoms with E-state index in [1.54, 1.807) is 0 Å². The van der Waals surface area contributed by atoms with Crippen molar-refractivity contribution in [2.24, 2.45) is 0 Å². The highest BCUT2D eigenvalue weighted by molar-refractivity contribution is 5.83. The van der Waals surface area contributed by atoms with Crippen molar-refractivity contribution in [3.8, 4) is 0 Å². The third kappa shape index (κ3) is 4.37. The van der Waals surface area contributed by atoms with Gasteiger partial charge in [0.2, 0.25) is 0 Å². The maximum Gasteiger partial charge on any atom is 0.471 e. The van der Waals surface area contributed by atoms with Crippen molar-refractivity contribution in [2.75, 3.05) is 19.7 Å². The monoisotopic (exact) mass is 418 g/mol. The second-order valence-electron chi connectivity index (χ2n) is 7.98. The van der Waals surface area contributed by atoms with E-state index >= 15 is 0 Å². The zero-order chi connectivity index (χ0) is 20.6. The van der Waals surface area contributed by atoms with Gasteiger partial charge in [0.15, 0.2) is 6.29 Å². The molecule has 3 fully saturated rings. The lowest BCUT2D eigenvalue weighted by atomic mass is 10.0. The van der Waals surface area contributed by atoms with Crippen LogP contribution in [-0.2, 0) is 19.0 Å². The number of allylic oxidation sites excluding steroid dienone is 2. The second kappa shape index (κ2) is 8.14. The fourth-order valence-corrected chi connectivity index (χ4v) is 4.70. The van der Waals surface area contributed by atoms with Crippen LogP contribution in [0.15, 0.2) is 12.2 Å². The van der Waals surface area contributed by atoms with Crippen molar-refractivity contribution >= 4 is 12.0 Å². The molecule has 2 bridgehead atoms. The molecule has 0 aromatic carbocycles. The van der Waals surface area contributed by atoms with E-state index < -0.39 is 36.6 Å². The van der Waals surface area contributed by atoms with Crippen LogP contribution in [0.2, 0.25) is 0 Å². The van der Waals surface area contributed by atoms with Crippen molar-refractivity contribution in [3.63, 3.8) is 0 Å². The van der Waals surface area contributed by atoms with Gasteiger partial charge >= 0.3 is 18.2 Å². The Balaban J connectivity index is 1.27. The van der Waals surface area contributed by atoms with E-state index in [0.29, 0.717) is 12.8 Å². The number of nitrogens with zero attached hydrogens (tertiary/aromatic N) is 2. The summed E-state index contributed by atoms with van der Waals surface area (Å²) >= 11 is 0. The molecular weight excluding hydrogens is 393 g/mol. The summed E-state index contributed by atoms with van der Waals surface area (Å²) in [6.45, 7) is 0.0250. The van der Waals surface area contributed by atoms with Crippen LogP contribution in [0, 0.1) is 0 Å². The predicted molar refractivity (Wildman–Crippen MR) is 93.8 cm³/mol. The van der Waals surface area contributed by atoms with Gasteiger partial charge in [0.25, 0.3) is 0 Å². The van der Waals surface area contributed by atoms with Gasteiger partial charge in [-0.25, -0.2) is 4.79 Å². The smallest absolute Gasteiger partial charge is 0.444 e. The van der Waals surface area contributed by atoms with Crippen LogP contribution in [0.1, 0.15) is 38.5 Å². The molecule has 4 aliphatic rings. The van der Waals surface area contributed by atoms with Crippen molar-refractivity contribution in [2.45, 2.75) is 75.3 Å². The fraction of sp³-hybridized carbons (Fsp3) is 0.789. The molecule has 0 aromatic rings. The van der Waals surface area contributed by atoms with Gasteiger partial charge in [0.1, 0.15) is 6.61 Å². The number of alkyl halides is 3. The number of hydrogen-bond donors (Lipinski definition) is 0. The largest absolute Gasteiger partial charge is 0.471 e. The van der Waals surface area contributed by atoms with Crippen molar-refractivity contribution in [1.29, 1.82) is 0 Å². The number of amides is 2. The Bertz CT molecular complexity index is 639. The van der Waals surface area contributed by atoms with E-state index in [2.05, 4.69) is 12.2 Å². The third-order valence-electron chi connectivity index (χ3n) is 6.03. The van der Waals surface area contributed by atoms with E-state index in [-0.39, 0.29) is 31.9 Å². The summed E-state index contributed by atoms with van der Waals surface area (Å²) in [7, 11) is 0. The number of hydrogen-bond acceptors (Lipinski definition) is 5. The molecule has 1 aliphatic carbocycles. The molecule has 2 amide bonds. The first-order chi connectivity index (χ1) is 13.8. The van der Waals surface area contributed by atoms with E-state index in [1.165, 1.54) is 4.90 Å². The van der Waals surface area contributed by atoms with Gasteiger partial charge in [-0.15, -0.1) is 0 Å². The fourth-order valence-electron chi connectivity index (χ4n) is 4.70. The summed E-state index contributed by atoms with van der Waals surface area (Å²) in [4.78, 5) is 26.4. The van der Waals surface area contributed by atoms with Gasteiger partial charge in [-0.05, 0) is 38.5 Å². The topological polar surface area (TPSA) is 68.3 Å². The standard InChI is InChI=1S/C19H25F3N2O5/c20-19(21,22)17(25)24-12-7-8-13(24)10-23(9-12)18(26)27-11-16-28-14-5-3-1-2-4-6-15(14)29-16/h1-2,12-16H,3-11H2/b2-1-/t12?,13?,14-,15+,16?. The molecule has 5 atom stereocenters. The summed E-state index contributed by atoms with van der Waals surface area (Å²) in [5.41, 5.74) is 0. The number of fused-ring (bicyclic) bond motifs is 3. The summed E-state index contributed by atoms with van der Waals surface area (Å²) in [6, 6.07) is -1.26. The van der Waals surface area contributed by atoms with Crippen molar-refractivity contribution in [1.82, 2.24) is 9.80 Å². The molecule has 3 saturated heterocycles. The van der Waals surface area contributed by atoms with Crippen LogP contribution >= 0.6 is 0 Å². The normalized spacial score (nSPS) is 35.6. The number of rotatable bonds is 2. The Morgan fingerprint density at radius 3 is 2.03 bits per heavy atom. The Kier molecular flexibility index (Phi) is 5.74. The zero-order valence-corrected chi connectivity index (χ0v) is 16.0. The zero-order valence-electron chi connectivity index (χ0n) is 16.0. The highest BCUT2D eigenvalue weighted by atomic mass is 19.4. The SMILES string of the molecule is O=C(OCC1O[C@H]2CC/C=C\CC[C@H]2O1)N1CC2CCC(C1)N2C(=O)C(F)(F)F. The van der Waals surface area contributed by atoms with Gasteiger partial charge in [0.05, 0.1) is 24.3 Å². The predicted octanol–water partition coefficient (Wildman–Crippen LogP) is 2.60. The minimum Gasteiger partial charge on any atom is -0.444 e. The Hall–Kier alpha value is -1.81. The Morgan fingerprint density at radius 1 is 0.966 bits per heavy atom. The average molecular weight is 418 g/mol. The number of piperazine rings is 1. The number of carbonyl (C=O) groups excluding carboxylic acids is 2. The molecule has 10 heteroatoms. The number of likely N-dealkylation sites (tertiary alicyclic amines) is 1. The van der Waals surface area contributed by atoms with Gasteiger partial charge in [-0.2, -0.15) is 13.2 Å². The number of halogens is 3. The molecule has 162 valence electrons. The lowest BCUT2D eigenvalue weighted by Gasteiger charge is -2.40. The minimum absolute atomic E-state index is 0.0172. The van der Waals surface area contributed by atoms with Crippen molar-refractivity contribution < 1.29 is 37.0 Å². The molecule has 0 aromatic heterocycles. The molecule has 3 unspecified atom stereocenters. The number of ether oxygens (including phenoxy) is 3. The molecule has 29 heavy (non-hydrogen) atoms. The first-order valence-electron chi connectivity index (χ1n) is 10.1. The molecule has 3 aliphatic heterocycles. The van der Waals surface area contributed by atoms with Gasteiger partial charge in [0, 0.05) is 13.1 Å². The Morgan fingerprint density at radius 2 is 1.52 bits per heavy atom. The summed E-state index contributed by atoms with van der Waals surface area (Å²) in [5.74, 6) is -1.82. The summed E-state index contributed by atoms with van der Waals surface area (Å²) < 4.78 is 55.4. The third-order valence-corrected chi connectivity index (χ3v) is 6.03. The first-order valence-corrected chi connectivity index (χ1v) is 10.1. The minimum atomic E-state index is -4.90. The highest BCUT2D eigenvalue weighted by Gasteiger charge is 2.52. The maximum absolute atomic E-state index is 12.8. The number of carbonyl (C=O) groups is 2. The van der Waals surface area contributed by atoms with Gasteiger partial charge in [-0.3, -0.25) is 4.79 Å².